The zero-order chi connectivity index (χ0) is 21.3. The Bertz CT molecular complexity index is 1260. The molecule has 0 bridgehead atoms. The molecule has 0 radical (unpaired) electrons. The maximum absolute atomic E-state index is 13.2. The number of benzene rings is 2. The minimum absolute atomic E-state index is 0.0961. The normalized spacial score (nSPS) is 12.1. The zero-order valence-electron chi connectivity index (χ0n) is 17.3. The average molecular weight is 400 g/mol. The highest BCUT2D eigenvalue weighted by molar-refractivity contribution is 5.88. The van der Waals surface area contributed by atoms with Crippen molar-refractivity contribution in [3.05, 3.63) is 94.2 Å². The molecule has 0 spiro atoms. The van der Waals surface area contributed by atoms with Crippen molar-refractivity contribution in [2.24, 2.45) is 0 Å². The van der Waals surface area contributed by atoms with Gasteiger partial charge in [-0.1, -0.05) is 48.5 Å². The Morgan fingerprint density at radius 3 is 2.30 bits per heavy atom. The Hall–Kier alpha value is -3.67. The van der Waals surface area contributed by atoms with Crippen molar-refractivity contribution in [3.63, 3.8) is 0 Å². The average Bonchev–Trinajstić information content (AvgIpc) is 3.00. The van der Waals surface area contributed by atoms with Crippen LogP contribution in [0, 0.1) is 13.8 Å². The Morgan fingerprint density at radius 2 is 1.63 bits per heavy atom. The number of carbonyl (C=O) groups excluding carboxylic acids is 1. The quantitative estimate of drug-likeness (QED) is 0.556. The van der Waals surface area contributed by atoms with Crippen molar-refractivity contribution in [2.75, 3.05) is 0 Å². The molecule has 0 saturated carbocycles. The van der Waals surface area contributed by atoms with E-state index in [0.717, 1.165) is 22.3 Å². The molecule has 30 heavy (non-hydrogen) atoms. The SMILES string of the molecule is Cc1c2cnn(-c3ccccc3)c(=O)c2c(C)n1CC(=O)N[C@@H](C)c1ccccc1. The second-order valence-corrected chi connectivity index (χ2v) is 7.44. The van der Waals surface area contributed by atoms with Crippen LogP contribution < -0.4 is 10.9 Å². The molecule has 2 aromatic carbocycles. The summed E-state index contributed by atoms with van der Waals surface area (Å²) in [6, 6.07) is 19.1. The van der Waals surface area contributed by atoms with E-state index in [2.05, 4.69) is 10.4 Å². The number of carbonyl (C=O) groups is 1. The molecule has 4 aromatic rings. The first-order chi connectivity index (χ1) is 14.5. The van der Waals surface area contributed by atoms with Crippen LogP contribution in [0.1, 0.15) is 29.9 Å². The van der Waals surface area contributed by atoms with Gasteiger partial charge in [0.1, 0.15) is 6.54 Å². The highest BCUT2D eigenvalue weighted by atomic mass is 16.2. The molecule has 6 nitrogen and oxygen atoms in total. The summed E-state index contributed by atoms with van der Waals surface area (Å²) in [5.74, 6) is -0.103. The van der Waals surface area contributed by atoms with Crippen LogP contribution in [0.25, 0.3) is 16.5 Å². The summed E-state index contributed by atoms with van der Waals surface area (Å²) in [5, 5.41) is 8.75. The lowest BCUT2D eigenvalue weighted by Gasteiger charge is -2.16. The number of rotatable bonds is 5. The van der Waals surface area contributed by atoms with Gasteiger partial charge in [0.2, 0.25) is 5.91 Å². The number of nitrogens with zero attached hydrogens (tertiary/aromatic N) is 3. The third-order valence-corrected chi connectivity index (χ3v) is 5.52. The zero-order valence-corrected chi connectivity index (χ0v) is 17.3. The second-order valence-electron chi connectivity index (χ2n) is 7.44. The van der Waals surface area contributed by atoms with E-state index in [1.165, 1.54) is 4.68 Å². The molecule has 6 heteroatoms. The van der Waals surface area contributed by atoms with E-state index in [1.54, 1.807) is 6.20 Å². The largest absolute Gasteiger partial charge is 0.348 e. The standard InChI is InChI=1S/C24H24N4O2/c1-16(19-10-6-4-7-11-19)26-22(29)15-27-17(2)21-14-25-28(20-12-8-5-9-13-20)24(30)23(21)18(27)3/h4-14,16H,15H2,1-3H3,(H,26,29)/t16-/m0/s1. The summed E-state index contributed by atoms with van der Waals surface area (Å²) < 4.78 is 3.28. The van der Waals surface area contributed by atoms with Gasteiger partial charge in [0, 0.05) is 16.8 Å². The third kappa shape index (κ3) is 3.52. The molecular weight excluding hydrogens is 376 g/mol. The molecule has 1 N–H and O–H groups in total. The van der Waals surface area contributed by atoms with Gasteiger partial charge in [-0.2, -0.15) is 9.78 Å². The molecule has 0 saturated heterocycles. The number of para-hydroxylation sites is 1. The molecular formula is C24H24N4O2. The van der Waals surface area contributed by atoms with E-state index in [0.29, 0.717) is 11.1 Å². The molecule has 1 amide bonds. The minimum atomic E-state index is -0.184. The molecule has 152 valence electrons. The van der Waals surface area contributed by atoms with Gasteiger partial charge in [-0.3, -0.25) is 9.59 Å². The lowest BCUT2D eigenvalue weighted by molar-refractivity contribution is -0.122. The molecule has 1 atom stereocenters. The van der Waals surface area contributed by atoms with Gasteiger partial charge in [-0.25, -0.2) is 0 Å². The van der Waals surface area contributed by atoms with Crippen molar-refractivity contribution in [1.82, 2.24) is 19.7 Å². The summed E-state index contributed by atoms with van der Waals surface area (Å²) in [4.78, 5) is 25.9. The van der Waals surface area contributed by atoms with Crippen LogP contribution in [0.4, 0.5) is 0 Å². The number of fused-ring (bicyclic) bond motifs is 1. The fraction of sp³-hybridized carbons (Fsp3) is 0.208. The summed E-state index contributed by atoms with van der Waals surface area (Å²) in [5.41, 5.74) is 3.20. The Balaban J connectivity index is 1.66. The lowest BCUT2D eigenvalue weighted by atomic mass is 10.1. The molecule has 0 unspecified atom stereocenters. The fourth-order valence-electron chi connectivity index (χ4n) is 3.86. The smallest absolute Gasteiger partial charge is 0.281 e. The summed E-state index contributed by atoms with van der Waals surface area (Å²) in [7, 11) is 0. The minimum Gasteiger partial charge on any atom is -0.348 e. The predicted octanol–water partition coefficient (Wildman–Crippen LogP) is 3.68. The van der Waals surface area contributed by atoms with Crippen LogP contribution >= 0.6 is 0 Å². The van der Waals surface area contributed by atoms with Crippen LogP contribution in [-0.2, 0) is 11.3 Å². The molecule has 2 heterocycles. The number of hydrogen-bond acceptors (Lipinski definition) is 3. The number of amides is 1. The number of aromatic nitrogens is 3. The highest BCUT2D eigenvalue weighted by Crippen LogP contribution is 2.22. The van der Waals surface area contributed by atoms with E-state index >= 15 is 0 Å². The van der Waals surface area contributed by atoms with Gasteiger partial charge < -0.3 is 9.88 Å². The Kier molecular flexibility index (Phi) is 5.23. The second kappa shape index (κ2) is 7.99. The summed E-state index contributed by atoms with van der Waals surface area (Å²) in [6.45, 7) is 5.90. The van der Waals surface area contributed by atoms with Crippen molar-refractivity contribution in [2.45, 2.75) is 33.4 Å². The number of nitrogens with one attached hydrogen (secondary N) is 1. The lowest BCUT2D eigenvalue weighted by Crippen LogP contribution is -2.30. The first kappa shape index (κ1) is 19.6. The van der Waals surface area contributed by atoms with Crippen molar-refractivity contribution in [3.8, 4) is 5.69 Å². The molecule has 2 aromatic heterocycles. The van der Waals surface area contributed by atoms with Gasteiger partial charge >= 0.3 is 0 Å². The third-order valence-electron chi connectivity index (χ3n) is 5.52. The summed E-state index contributed by atoms with van der Waals surface area (Å²) >= 11 is 0. The van der Waals surface area contributed by atoms with Gasteiger partial charge in [0.25, 0.3) is 5.56 Å². The van der Waals surface area contributed by atoms with Crippen LogP contribution in [0.2, 0.25) is 0 Å². The predicted molar refractivity (Wildman–Crippen MR) is 118 cm³/mol. The number of hydrogen-bond donors (Lipinski definition) is 1. The fourth-order valence-corrected chi connectivity index (χ4v) is 3.86. The van der Waals surface area contributed by atoms with Crippen LogP contribution in [-0.4, -0.2) is 20.3 Å². The van der Waals surface area contributed by atoms with Crippen LogP contribution in [0.3, 0.4) is 0 Å². The van der Waals surface area contributed by atoms with Crippen molar-refractivity contribution in [1.29, 1.82) is 0 Å². The summed E-state index contributed by atoms with van der Waals surface area (Å²) in [6.07, 6.45) is 1.70. The van der Waals surface area contributed by atoms with Gasteiger partial charge in [-0.05, 0) is 38.5 Å². The first-order valence-electron chi connectivity index (χ1n) is 9.95. The Labute approximate surface area is 174 Å². The Morgan fingerprint density at radius 1 is 1.00 bits per heavy atom. The monoisotopic (exact) mass is 400 g/mol. The van der Waals surface area contributed by atoms with Crippen LogP contribution in [0.5, 0.6) is 0 Å². The molecule has 4 rings (SSSR count). The van der Waals surface area contributed by atoms with E-state index < -0.39 is 0 Å². The van der Waals surface area contributed by atoms with E-state index in [4.69, 9.17) is 0 Å². The molecule has 0 aliphatic heterocycles. The first-order valence-corrected chi connectivity index (χ1v) is 9.95. The maximum Gasteiger partial charge on any atom is 0.281 e. The van der Waals surface area contributed by atoms with E-state index in [1.807, 2.05) is 86.0 Å². The van der Waals surface area contributed by atoms with Crippen molar-refractivity contribution < 1.29 is 4.79 Å². The van der Waals surface area contributed by atoms with Gasteiger partial charge in [0.05, 0.1) is 23.3 Å². The molecule has 0 fully saturated rings. The van der Waals surface area contributed by atoms with Gasteiger partial charge in [0.15, 0.2) is 0 Å². The molecule has 0 aliphatic carbocycles. The van der Waals surface area contributed by atoms with Crippen LogP contribution in [0.15, 0.2) is 71.7 Å². The van der Waals surface area contributed by atoms with Gasteiger partial charge in [-0.15, -0.1) is 0 Å². The van der Waals surface area contributed by atoms with E-state index in [9.17, 15) is 9.59 Å². The highest BCUT2D eigenvalue weighted by Gasteiger charge is 2.19. The maximum atomic E-state index is 13.2. The number of aryl methyl sites for hydroxylation is 2. The van der Waals surface area contributed by atoms with Crippen molar-refractivity contribution >= 4 is 16.7 Å². The molecule has 0 aliphatic rings. The topological polar surface area (TPSA) is 68.9 Å². The van der Waals surface area contributed by atoms with E-state index in [-0.39, 0.29) is 24.1 Å².